The molecular weight excluding hydrogens is 507 g/mol. The molecule has 0 aliphatic rings. The number of alkyl halides is 2. The number of fused-ring (bicyclic) bond motifs is 1. The molecule has 0 radical (unpaired) electrons. The maximum atomic E-state index is 14.4. The standard InChI is InChI=1S/C26H23Cl2F2N5O/c27-12-14-35(15-13-28)18-10-8-17(9-11-18)31-26(36)34-33-23-16-24(25-20(29)5-3-6-21(25)30)32-22-7-2-1-4-19(22)23/h1-11,16H,12-15H2,(H,32,33)(H2,31,34,36). The molecular formula is C26H23Cl2F2N5O. The largest absolute Gasteiger partial charge is 0.369 e. The normalized spacial score (nSPS) is 10.8. The molecule has 36 heavy (non-hydrogen) atoms. The van der Waals surface area contributed by atoms with Gasteiger partial charge in [0.2, 0.25) is 0 Å². The predicted molar refractivity (Wildman–Crippen MR) is 143 cm³/mol. The molecule has 0 aliphatic heterocycles. The molecule has 0 aliphatic carbocycles. The lowest BCUT2D eigenvalue weighted by Gasteiger charge is -2.23. The molecule has 10 heteroatoms. The smallest absolute Gasteiger partial charge is 0.337 e. The van der Waals surface area contributed by atoms with Crippen molar-refractivity contribution in [3.05, 3.63) is 84.4 Å². The first-order valence-corrected chi connectivity index (χ1v) is 12.2. The average molecular weight is 530 g/mol. The topological polar surface area (TPSA) is 69.3 Å². The third kappa shape index (κ3) is 5.95. The number of hydrogen-bond acceptors (Lipinski definition) is 4. The number of benzene rings is 3. The van der Waals surface area contributed by atoms with Gasteiger partial charge in [-0.1, -0.05) is 24.3 Å². The van der Waals surface area contributed by atoms with Crippen molar-refractivity contribution < 1.29 is 13.6 Å². The van der Waals surface area contributed by atoms with Crippen molar-refractivity contribution in [2.24, 2.45) is 0 Å². The number of anilines is 3. The van der Waals surface area contributed by atoms with Crippen LogP contribution in [0, 0.1) is 11.6 Å². The Morgan fingerprint density at radius 2 is 1.56 bits per heavy atom. The molecule has 0 saturated heterocycles. The number of nitrogens with zero attached hydrogens (tertiary/aromatic N) is 2. The number of carbonyl (C=O) groups is 1. The van der Waals surface area contributed by atoms with Crippen molar-refractivity contribution in [1.82, 2.24) is 10.4 Å². The number of carbonyl (C=O) groups excluding carboxylic acids is 1. The Kier molecular flexibility index (Phi) is 8.40. The molecule has 0 unspecified atom stereocenters. The van der Waals surface area contributed by atoms with Gasteiger partial charge in [0.15, 0.2) is 0 Å². The van der Waals surface area contributed by atoms with Crippen molar-refractivity contribution in [3.63, 3.8) is 0 Å². The Morgan fingerprint density at radius 1 is 0.889 bits per heavy atom. The quantitative estimate of drug-likeness (QED) is 0.168. The van der Waals surface area contributed by atoms with E-state index in [2.05, 4.69) is 26.1 Å². The number of amides is 2. The monoisotopic (exact) mass is 529 g/mol. The lowest BCUT2D eigenvalue weighted by molar-refractivity contribution is 0.254. The molecule has 6 nitrogen and oxygen atoms in total. The van der Waals surface area contributed by atoms with Crippen LogP contribution in [0.15, 0.2) is 72.8 Å². The highest BCUT2D eigenvalue weighted by molar-refractivity contribution is 6.18. The maximum Gasteiger partial charge on any atom is 0.337 e. The lowest BCUT2D eigenvalue weighted by atomic mass is 10.1. The predicted octanol–water partition coefficient (Wildman–Crippen LogP) is 6.61. The molecule has 3 N–H and O–H groups in total. The summed E-state index contributed by atoms with van der Waals surface area (Å²) < 4.78 is 28.8. The molecule has 186 valence electrons. The summed E-state index contributed by atoms with van der Waals surface area (Å²) >= 11 is 11.7. The lowest BCUT2D eigenvalue weighted by Crippen LogP contribution is -2.33. The number of urea groups is 1. The molecule has 3 aromatic carbocycles. The van der Waals surface area contributed by atoms with E-state index in [4.69, 9.17) is 23.2 Å². The number of hydrazine groups is 1. The van der Waals surface area contributed by atoms with Gasteiger partial charge in [0.05, 0.1) is 22.5 Å². The first-order valence-electron chi connectivity index (χ1n) is 11.1. The maximum absolute atomic E-state index is 14.4. The summed E-state index contributed by atoms with van der Waals surface area (Å²) in [5.41, 5.74) is 7.71. The Bertz CT molecular complexity index is 1330. The van der Waals surface area contributed by atoms with Crippen LogP contribution in [-0.4, -0.2) is 35.9 Å². The van der Waals surface area contributed by atoms with Crippen molar-refractivity contribution in [2.45, 2.75) is 0 Å². The molecule has 0 fully saturated rings. The second kappa shape index (κ2) is 11.9. The van der Waals surface area contributed by atoms with Crippen molar-refractivity contribution in [3.8, 4) is 11.3 Å². The first-order chi connectivity index (χ1) is 17.5. The summed E-state index contributed by atoms with van der Waals surface area (Å²) in [6.45, 7) is 1.31. The third-order valence-corrected chi connectivity index (χ3v) is 5.78. The fourth-order valence-electron chi connectivity index (χ4n) is 3.77. The van der Waals surface area contributed by atoms with Gasteiger partial charge in [-0.05, 0) is 48.5 Å². The number of nitrogens with one attached hydrogen (secondary N) is 3. The summed E-state index contributed by atoms with van der Waals surface area (Å²) in [5, 5.41) is 3.40. The van der Waals surface area contributed by atoms with Gasteiger partial charge >= 0.3 is 6.03 Å². The molecule has 4 aromatic rings. The minimum atomic E-state index is -0.728. The fourth-order valence-corrected chi connectivity index (χ4v) is 4.17. The van der Waals surface area contributed by atoms with Gasteiger partial charge in [0, 0.05) is 41.6 Å². The van der Waals surface area contributed by atoms with Crippen molar-refractivity contribution >= 4 is 57.2 Å². The number of aromatic nitrogens is 1. The van der Waals surface area contributed by atoms with E-state index in [0.717, 1.165) is 5.69 Å². The number of rotatable bonds is 9. The highest BCUT2D eigenvalue weighted by Crippen LogP contribution is 2.31. The van der Waals surface area contributed by atoms with E-state index >= 15 is 0 Å². The van der Waals surface area contributed by atoms with Crippen molar-refractivity contribution in [2.75, 3.05) is 40.5 Å². The molecule has 0 bridgehead atoms. The van der Waals surface area contributed by atoms with E-state index < -0.39 is 17.7 Å². The minimum Gasteiger partial charge on any atom is -0.369 e. The summed E-state index contributed by atoms with van der Waals surface area (Å²) in [5.74, 6) is -0.512. The van der Waals surface area contributed by atoms with Gasteiger partial charge in [-0.15, -0.1) is 23.2 Å². The van der Waals surface area contributed by atoms with Crippen LogP contribution in [0.4, 0.5) is 30.6 Å². The van der Waals surface area contributed by atoms with E-state index in [1.54, 1.807) is 36.4 Å². The summed E-state index contributed by atoms with van der Waals surface area (Å²) in [7, 11) is 0. The molecule has 1 aromatic heterocycles. The average Bonchev–Trinajstić information content (AvgIpc) is 2.87. The van der Waals surface area contributed by atoms with Crippen LogP contribution in [0.25, 0.3) is 22.2 Å². The molecule has 0 atom stereocenters. The second-order valence-electron chi connectivity index (χ2n) is 7.78. The first kappa shape index (κ1) is 25.5. The van der Waals surface area contributed by atoms with E-state index in [9.17, 15) is 13.6 Å². The van der Waals surface area contributed by atoms with E-state index in [0.29, 0.717) is 47.1 Å². The van der Waals surface area contributed by atoms with Crippen LogP contribution in [0.2, 0.25) is 0 Å². The van der Waals surface area contributed by atoms with Crippen molar-refractivity contribution in [1.29, 1.82) is 0 Å². The fraction of sp³-hybridized carbons (Fsp3) is 0.154. The number of halogens is 4. The zero-order valence-electron chi connectivity index (χ0n) is 19.1. The number of hydrogen-bond donors (Lipinski definition) is 3. The van der Waals surface area contributed by atoms with Crippen LogP contribution in [0.1, 0.15) is 0 Å². The van der Waals surface area contributed by atoms with Gasteiger partial charge in [-0.3, -0.25) is 10.9 Å². The van der Waals surface area contributed by atoms with Crippen LogP contribution in [0.3, 0.4) is 0 Å². The van der Waals surface area contributed by atoms with Gasteiger partial charge < -0.3 is 10.2 Å². The highest BCUT2D eigenvalue weighted by Gasteiger charge is 2.15. The summed E-state index contributed by atoms with van der Waals surface area (Å²) in [4.78, 5) is 19.0. The van der Waals surface area contributed by atoms with Crippen LogP contribution in [-0.2, 0) is 0 Å². The number of pyridine rings is 1. The molecule has 0 spiro atoms. The Labute approximate surface area is 217 Å². The third-order valence-electron chi connectivity index (χ3n) is 5.44. The highest BCUT2D eigenvalue weighted by atomic mass is 35.5. The Balaban J connectivity index is 1.50. The van der Waals surface area contributed by atoms with Crippen LogP contribution >= 0.6 is 23.2 Å². The summed E-state index contributed by atoms with van der Waals surface area (Å²) in [6.07, 6.45) is 0. The molecule has 2 amide bonds. The zero-order valence-corrected chi connectivity index (χ0v) is 20.6. The SMILES string of the molecule is O=C(NNc1cc(-c2c(F)cccc2F)nc2ccccc12)Nc1ccc(N(CCCl)CCCl)cc1. The Hall–Kier alpha value is -3.62. The van der Waals surface area contributed by atoms with E-state index in [-0.39, 0.29) is 11.3 Å². The molecule has 0 saturated carbocycles. The van der Waals surface area contributed by atoms with Gasteiger partial charge in [-0.25, -0.2) is 18.6 Å². The minimum absolute atomic E-state index is 0.100. The molecule has 4 rings (SSSR count). The second-order valence-corrected chi connectivity index (χ2v) is 8.54. The summed E-state index contributed by atoms with van der Waals surface area (Å²) in [6, 6.07) is 19.0. The van der Waals surface area contributed by atoms with Gasteiger partial charge in [0.1, 0.15) is 11.6 Å². The van der Waals surface area contributed by atoms with Crippen LogP contribution in [0.5, 0.6) is 0 Å². The number of para-hydroxylation sites is 1. The van der Waals surface area contributed by atoms with E-state index in [1.165, 1.54) is 24.3 Å². The Morgan fingerprint density at radius 3 is 2.22 bits per heavy atom. The molecule has 1 heterocycles. The zero-order chi connectivity index (χ0) is 25.5. The van der Waals surface area contributed by atoms with Crippen LogP contribution < -0.4 is 21.1 Å². The van der Waals surface area contributed by atoms with Gasteiger partial charge in [-0.2, -0.15) is 0 Å². The van der Waals surface area contributed by atoms with Gasteiger partial charge in [0.25, 0.3) is 0 Å². The van der Waals surface area contributed by atoms with E-state index in [1.807, 2.05) is 12.1 Å².